The number of piperidine rings is 1. The SMILES string of the molecule is CC(C)N1CCOc2c(F)cc(-c3nc(Nc4ccc(N5CCC(S(C)(=O)=O)CC5)cn4)ncc3F)cc21. The van der Waals surface area contributed by atoms with E-state index >= 15 is 0 Å². The van der Waals surface area contributed by atoms with E-state index < -0.39 is 21.5 Å². The first-order chi connectivity index (χ1) is 18.1. The molecular weight excluding hydrogens is 514 g/mol. The van der Waals surface area contributed by atoms with Crippen molar-refractivity contribution in [2.24, 2.45) is 0 Å². The Kier molecular flexibility index (Phi) is 7.08. The number of fused-ring (bicyclic) bond motifs is 1. The first kappa shape index (κ1) is 26.1. The largest absolute Gasteiger partial charge is 0.486 e. The molecule has 0 atom stereocenters. The van der Waals surface area contributed by atoms with Crippen LogP contribution in [0.2, 0.25) is 0 Å². The molecule has 1 N–H and O–H groups in total. The standard InChI is InChI=1S/C26H30F2N6O3S/c1-16(2)34-10-11-37-25-20(27)12-17(13-22(25)34)24-21(28)15-30-26(32-24)31-23-5-4-18(14-29-23)33-8-6-19(7-9-33)38(3,35)36/h4-5,12-16,19H,6-11H2,1-3H3,(H,29,30,31,32). The van der Waals surface area contributed by atoms with Gasteiger partial charge in [0.25, 0.3) is 0 Å². The molecule has 2 aromatic heterocycles. The van der Waals surface area contributed by atoms with Crippen LogP contribution in [0.4, 0.5) is 31.9 Å². The number of benzene rings is 1. The van der Waals surface area contributed by atoms with Crippen molar-refractivity contribution in [2.45, 2.75) is 38.0 Å². The van der Waals surface area contributed by atoms with Crippen LogP contribution in [-0.4, -0.2) is 67.2 Å². The molecule has 1 saturated heterocycles. The fraction of sp³-hybridized carbons (Fsp3) is 0.423. The number of rotatable bonds is 6. The van der Waals surface area contributed by atoms with Crippen LogP contribution in [0, 0.1) is 11.6 Å². The zero-order chi connectivity index (χ0) is 27.0. The van der Waals surface area contributed by atoms with Gasteiger partial charge in [-0.05, 0) is 51.0 Å². The van der Waals surface area contributed by atoms with E-state index in [1.165, 1.54) is 12.3 Å². The van der Waals surface area contributed by atoms with Crippen LogP contribution in [0.15, 0.2) is 36.7 Å². The van der Waals surface area contributed by atoms with Crippen LogP contribution < -0.4 is 19.9 Å². The summed E-state index contributed by atoms with van der Waals surface area (Å²) in [5, 5.41) is 2.67. The zero-order valence-electron chi connectivity index (χ0n) is 21.5. The van der Waals surface area contributed by atoms with Crippen LogP contribution in [-0.2, 0) is 9.84 Å². The van der Waals surface area contributed by atoms with E-state index in [4.69, 9.17) is 4.74 Å². The molecule has 0 radical (unpaired) electrons. The number of nitrogens with zero attached hydrogens (tertiary/aromatic N) is 5. The molecule has 0 bridgehead atoms. The molecule has 0 aliphatic carbocycles. The summed E-state index contributed by atoms with van der Waals surface area (Å²) < 4.78 is 58.9. The quantitative estimate of drug-likeness (QED) is 0.490. The fourth-order valence-electron chi connectivity index (χ4n) is 4.91. The molecule has 0 unspecified atom stereocenters. The van der Waals surface area contributed by atoms with Crippen molar-refractivity contribution in [1.82, 2.24) is 15.0 Å². The molecule has 2 aliphatic rings. The Morgan fingerprint density at radius 1 is 1.05 bits per heavy atom. The fourth-order valence-corrected chi connectivity index (χ4v) is 5.98. The van der Waals surface area contributed by atoms with Crippen LogP contribution in [0.5, 0.6) is 5.75 Å². The smallest absolute Gasteiger partial charge is 0.229 e. The maximum atomic E-state index is 14.9. The minimum Gasteiger partial charge on any atom is -0.486 e. The maximum Gasteiger partial charge on any atom is 0.229 e. The Balaban J connectivity index is 1.34. The summed E-state index contributed by atoms with van der Waals surface area (Å²) in [5.74, 6) is -0.526. The van der Waals surface area contributed by atoms with Gasteiger partial charge < -0.3 is 19.9 Å². The van der Waals surface area contributed by atoms with Gasteiger partial charge in [-0.1, -0.05) is 0 Å². The predicted octanol–water partition coefficient (Wildman–Crippen LogP) is 4.18. The zero-order valence-corrected chi connectivity index (χ0v) is 22.3. The van der Waals surface area contributed by atoms with Crippen LogP contribution in [0.25, 0.3) is 11.3 Å². The van der Waals surface area contributed by atoms with Crippen LogP contribution in [0.3, 0.4) is 0 Å². The molecule has 38 heavy (non-hydrogen) atoms. The van der Waals surface area contributed by atoms with E-state index in [1.807, 2.05) is 24.8 Å². The highest BCUT2D eigenvalue weighted by atomic mass is 32.2. The van der Waals surface area contributed by atoms with Crippen molar-refractivity contribution >= 4 is 33.0 Å². The predicted molar refractivity (Wildman–Crippen MR) is 143 cm³/mol. The maximum absolute atomic E-state index is 14.9. The lowest BCUT2D eigenvalue weighted by molar-refractivity contribution is 0.287. The van der Waals surface area contributed by atoms with Gasteiger partial charge >= 0.3 is 0 Å². The minimum atomic E-state index is -3.04. The van der Waals surface area contributed by atoms with E-state index in [0.29, 0.717) is 50.6 Å². The van der Waals surface area contributed by atoms with Gasteiger partial charge in [0.2, 0.25) is 5.95 Å². The second-order valence-corrected chi connectivity index (χ2v) is 12.2. The Hall–Kier alpha value is -3.54. The Morgan fingerprint density at radius 3 is 2.47 bits per heavy atom. The molecule has 3 aromatic rings. The van der Waals surface area contributed by atoms with Crippen LogP contribution in [0.1, 0.15) is 26.7 Å². The average Bonchev–Trinajstić information content (AvgIpc) is 2.89. The Morgan fingerprint density at radius 2 is 1.82 bits per heavy atom. The summed E-state index contributed by atoms with van der Waals surface area (Å²) in [6.45, 7) is 6.25. The van der Waals surface area contributed by atoms with Crippen molar-refractivity contribution < 1.29 is 21.9 Å². The molecule has 0 spiro atoms. The van der Waals surface area contributed by atoms with Gasteiger partial charge in [0.15, 0.2) is 17.4 Å². The lowest BCUT2D eigenvalue weighted by atomic mass is 10.1. The molecular formula is C26H30F2N6O3S. The average molecular weight is 545 g/mol. The summed E-state index contributed by atoms with van der Waals surface area (Å²) in [5.41, 5.74) is 1.68. The number of nitrogens with one attached hydrogen (secondary N) is 1. The lowest BCUT2D eigenvalue weighted by Gasteiger charge is -2.34. The molecule has 1 fully saturated rings. The third-order valence-corrected chi connectivity index (χ3v) is 8.64. The first-order valence-corrected chi connectivity index (χ1v) is 14.5. The van der Waals surface area contributed by atoms with Gasteiger partial charge in [0.05, 0.1) is 35.6 Å². The van der Waals surface area contributed by atoms with Gasteiger partial charge in [0, 0.05) is 31.0 Å². The Bertz CT molecular complexity index is 1430. The van der Waals surface area contributed by atoms with Gasteiger partial charge in [-0.25, -0.2) is 32.2 Å². The van der Waals surface area contributed by atoms with E-state index in [2.05, 4.69) is 25.2 Å². The van der Waals surface area contributed by atoms with Gasteiger partial charge in [0.1, 0.15) is 28.0 Å². The summed E-state index contributed by atoms with van der Waals surface area (Å²) in [7, 11) is -3.04. The van der Waals surface area contributed by atoms with E-state index in [0.717, 1.165) is 11.9 Å². The topological polar surface area (TPSA) is 101 Å². The van der Waals surface area contributed by atoms with Gasteiger partial charge in [-0.15, -0.1) is 0 Å². The molecule has 2 aliphatic heterocycles. The van der Waals surface area contributed by atoms with Crippen molar-refractivity contribution in [3.8, 4) is 17.0 Å². The van der Waals surface area contributed by atoms with Gasteiger partial charge in [-0.2, -0.15) is 0 Å². The van der Waals surface area contributed by atoms with E-state index in [9.17, 15) is 17.2 Å². The number of hydrogen-bond acceptors (Lipinski definition) is 9. The second kappa shape index (κ2) is 10.3. The molecule has 0 amide bonds. The summed E-state index contributed by atoms with van der Waals surface area (Å²) in [6.07, 6.45) is 5.17. The summed E-state index contributed by atoms with van der Waals surface area (Å²) in [6, 6.07) is 6.64. The summed E-state index contributed by atoms with van der Waals surface area (Å²) >= 11 is 0. The molecule has 1 aromatic carbocycles. The first-order valence-electron chi connectivity index (χ1n) is 12.5. The number of halogens is 2. The second-order valence-electron chi connectivity index (χ2n) is 9.87. The van der Waals surface area contributed by atoms with E-state index in [-0.39, 0.29) is 34.2 Å². The molecule has 4 heterocycles. The van der Waals surface area contributed by atoms with Crippen molar-refractivity contribution in [2.75, 3.05) is 47.6 Å². The minimum absolute atomic E-state index is 0.0381. The Labute approximate surface area is 220 Å². The van der Waals surface area contributed by atoms with E-state index in [1.54, 1.807) is 18.3 Å². The molecule has 202 valence electrons. The van der Waals surface area contributed by atoms with Crippen molar-refractivity contribution in [1.29, 1.82) is 0 Å². The number of anilines is 4. The monoisotopic (exact) mass is 544 g/mol. The third-order valence-electron chi connectivity index (χ3n) is 6.95. The molecule has 0 saturated carbocycles. The number of hydrogen-bond donors (Lipinski definition) is 1. The highest BCUT2D eigenvalue weighted by Crippen LogP contribution is 2.39. The number of pyridine rings is 1. The highest BCUT2D eigenvalue weighted by molar-refractivity contribution is 7.91. The lowest BCUT2D eigenvalue weighted by Crippen LogP contribution is -2.39. The molecule has 5 rings (SSSR count). The van der Waals surface area contributed by atoms with Crippen LogP contribution >= 0.6 is 0 Å². The highest BCUT2D eigenvalue weighted by Gasteiger charge is 2.27. The number of sulfone groups is 1. The van der Waals surface area contributed by atoms with Crippen molar-refractivity contribution in [3.05, 3.63) is 48.3 Å². The normalized spacial score (nSPS) is 16.4. The molecule has 9 nitrogen and oxygen atoms in total. The van der Waals surface area contributed by atoms with Gasteiger partial charge in [-0.3, -0.25) is 0 Å². The van der Waals surface area contributed by atoms with Crippen molar-refractivity contribution in [3.63, 3.8) is 0 Å². The number of aromatic nitrogens is 3. The number of ether oxygens (including phenoxy) is 1. The molecule has 12 heteroatoms. The summed E-state index contributed by atoms with van der Waals surface area (Å²) in [4.78, 5) is 16.9. The third kappa shape index (κ3) is 5.35.